The standard InChI is InChI=1S/C14H13BrN4O/c1-9(11-5-3-10(7-16)4-6-11)18-12-8-17-19(2)14(20)13(12)15/h3-6,8-9,18H,1-2H3. The number of aryl methyl sites for hydroxylation is 1. The average Bonchev–Trinajstić information content (AvgIpc) is 2.48. The predicted octanol–water partition coefficient (Wildman–Crippen LogP) is 2.59. The van der Waals surface area contributed by atoms with E-state index in [9.17, 15) is 4.79 Å². The van der Waals surface area contributed by atoms with Crippen LogP contribution in [0.4, 0.5) is 5.69 Å². The maximum absolute atomic E-state index is 11.8. The maximum Gasteiger partial charge on any atom is 0.282 e. The average molecular weight is 333 g/mol. The van der Waals surface area contributed by atoms with Crippen LogP contribution < -0.4 is 10.9 Å². The van der Waals surface area contributed by atoms with Crippen LogP contribution in [0.25, 0.3) is 0 Å². The summed E-state index contributed by atoms with van der Waals surface area (Å²) in [6.45, 7) is 1.98. The van der Waals surface area contributed by atoms with Crippen LogP contribution in [0.3, 0.4) is 0 Å². The van der Waals surface area contributed by atoms with E-state index in [1.807, 2.05) is 19.1 Å². The van der Waals surface area contributed by atoms with Crippen molar-refractivity contribution in [1.82, 2.24) is 9.78 Å². The van der Waals surface area contributed by atoms with Crippen molar-refractivity contribution in [2.24, 2.45) is 7.05 Å². The Labute approximate surface area is 125 Å². The van der Waals surface area contributed by atoms with Gasteiger partial charge in [-0.3, -0.25) is 4.79 Å². The molecule has 20 heavy (non-hydrogen) atoms. The van der Waals surface area contributed by atoms with Crippen molar-refractivity contribution < 1.29 is 0 Å². The van der Waals surface area contributed by atoms with Gasteiger partial charge >= 0.3 is 0 Å². The number of nitrogens with zero attached hydrogens (tertiary/aromatic N) is 3. The molecule has 0 amide bonds. The fraction of sp³-hybridized carbons (Fsp3) is 0.214. The quantitative estimate of drug-likeness (QED) is 0.937. The smallest absolute Gasteiger partial charge is 0.282 e. The fourth-order valence-electron chi connectivity index (χ4n) is 1.77. The van der Waals surface area contributed by atoms with Gasteiger partial charge in [0.2, 0.25) is 0 Å². The fourth-order valence-corrected chi connectivity index (χ4v) is 2.25. The Morgan fingerprint density at radius 2 is 2.05 bits per heavy atom. The van der Waals surface area contributed by atoms with Crippen LogP contribution >= 0.6 is 15.9 Å². The summed E-state index contributed by atoms with van der Waals surface area (Å²) in [5.74, 6) is 0. The second kappa shape index (κ2) is 5.88. The first-order chi connectivity index (χ1) is 9.52. The molecule has 5 nitrogen and oxygen atoms in total. The van der Waals surface area contributed by atoms with Crippen LogP contribution in [-0.2, 0) is 7.05 Å². The number of nitrogens with one attached hydrogen (secondary N) is 1. The van der Waals surface area contributed by atoms with E-state index in [1.165, 1.54) is 4.68 Å². The Morgan fingerprint density at radius 3 is 2.65 bits per heavy atom. The molecule has 0 aliphatic heterocycles. The maximum atomic E-state index is 11.8. The topological polar surface area (TPSA) is 70.7 Å². The number of benzene rings is 1. The molecule has 2 rings (SSSR count). The van der Waals surface area contributed by atoms with Gasteiger partial charge in [0.25, 0.3) is 5.56 Å². The van der Waals surface area contributed by atoms with Crippen LogP contribution in [0.15, 0.2) is 39.7 Å². The Hall–Kier alpha value is -2.13. The van der Waals surface area contributed by atoms with Gasteiger partial charge in [0, 0.05) is 13.1 Å². The monoisotopic (exact) mass is 332 g/mol. The highest BCUT2D eigenvalue weighted by atomic mass is 79.9. The first-order valence-electron chi connectivity index (χ1n) is 6.01. The third-order valence-corrected chi connectivity index (χ3v) is 3.76. The SMILES string of the molecule is CC(Nc1cnn(C)c(=O)c1Br)c1ccc(C#N)cc1. The number of aromatic nitrogens is 2. The minimum Gasteiger partial charge on any atom is -0.376 e. The van der Waals surface area contributed by atoms with E-state index in [0.717, 1.165) is 5.56 Å². The molecule has 1 aromatic heterocycles. The summed E-state index contributed by atoms with van der Waals surface area (Å²) in [5, 5.41) is 16.0. The van der Waals surface area contributed by atoms with Crippen molar-refractivity contribution in [3.8, 4) is 6.07 Å². The van der Waals surface area contributed by atoms with E-state index in [-0.39, 0.29) is 11.6 Å². The van der Waals surface area contributed by atoms with E-state index < -0.39 is 0 Å². The molecule has 0 aliphatic carbocycles. The molecular formula is C14H13BrN4O. The molecule has 102 valence electrons. The second-order valence-electron chi connectivity index (χ2n) is 4.40. The molecular weight excluding hydrogens is 320 g/mol. The van der Waals surface area contributed by atoms with Crippen molar-refractivity contribution in [3.63, 3.8) is 0 Å². The van der Waals surface area contributed by atoms with E-state index in [2.05, 4.69) is 32.4 Å². The summed E-state index contributed by atoms with van der Waals surface area (Å²) in [4.78, 5) is 11.8. The lowest BCUT2D eigenvalue weighted by Gasteiger charge is -2.16. The lowest BCUT2D eigenvalue weighted by molar-refractivity contribution is 0.701. The molecule has 0 saturated heterocycles. The first-order valence-corrected chi connectivity index (χ1v) is 6.80. The summed E-state index contributed by atoms with van der Waals surface area (Å²) < 4.78 is 1.72. The minimum absolute atomic E-state index is 0.00653. The molecule has 0 saturated carbocycles. The van der Waals surface area contributed by atoms with Crippen LogP contribution in [0.1, 0.15) is 24.1 Å². The zero-order chi connectivity index (χ0) is 14.7. The number of halogens is 1. The summed E-state index contributed by atoms with van der Waals surface area (Å²) in [6, 6.07) is 9.39. The predicted molar refractivity (Wildman–Crippen MR) is 80.4 cm³/mol. The summed E-state index contributed by atoms with van der Waals surface area (Å²) in [5.41, 5.74) is 2.10. The second-order valence-corrected chi connectivity index (χ2v) is 5.19. The Kier molecular flexibility index (Phi) is 4.20. The summed E-state index contributed by atoms with van der Waals surface area (Å²) >= 11 is 3.28. The third kappa shape index (κ3) is 2.89. The molecule has 1 N–H and O–H groups in total. The van der Waals surface area contributed by atoms with Gasteiger partial charge in [-0.2, -0.15) is 10.4 Å². The molecule has 0 radical (unpaired) electrons. The van der Waals surface area contributed by atoms with Crippen molar-refractivity contribution in [2.75, 3.05) is 5.32 Å². The lowest BCUT2D eigenvalue weighted by Crippen LogP contribution is -2.22. The number of hydrogen-bond donors (Lipinski definition) is 1. The van der Waals surface area contributed by atoms with E-state index >= 15 is 0 Å². The molecule has 1 heterocycles. The molecule has 0 bridgehead atoms. The lowest BCUT2D eigenvalue weighted by atomic mass is 10.1. The zero-order valence-corrected chi connectivity index (χ0v) is 12.7. The van der Waals surface area contributed by atoms with E-state index in [4.69, 9.17) is 5.26 Å². The van der Waals surface area contributed by atoms with Gasteiger partial charge in [-0.05, 0) is 40.5 Å². The summed E-state index contributed by atoms with van der Waals surface area (Å²) in [7, 11) is 1.60. The number of rotatable bonds is 3. The van der Waals surface area contributed by atoms with Gasteiger partial charge in [-0.1, -0.05) is 12.1 Å². The highest BCUT2D eigenvalue weighted by Gasteiger charge is 2.11. The number of anilines is 1. The summed E-state index contributed by atoms with van der Waals surface area (Å²) in [6.07, 6.45) is 1.60. The van der Waals surface area contributed by atoms with Crippen LogP contribution in [0, 0.1) is 11.3 Å². The number of nitriles is 1. The van der Waals surface area contributed by atoms with Crippen molar-refractivity contribution >= 4 is 21.6 Å². The normalized spacial score (nSPS) is 11.7. The highest BCUT2D eigenvalue weighted by molar-refractivity contribution is 9.10. The van der Waals surface area contributed by atoms with Crippen LogP contribution in [0.5, 0.6) is 0 Å². The van der Waals surface area contributed by atoms with Gasteiger partial charge < -0.3 is 5.32 Å². The van der Waals surface area contributed by atoms with Crippen molar-refractivity contribution in [2.45, 2.75) is 13.0 Å². The molecule has 1 aromatic carbocycles. The third-order valence-electron chi connectivity index (χ3n) is 2.99. The van der Waals surface area contributed by atoms with Crippen LogP contribution in [0.2, 0.25) is 0 Å². The van der Waals surface area contributed by atoms with Gasteiger partial charge in [0.1, 0.15) is 4.47 Å². The Morgan fingerprint density at radius 1 is 1.40 bits per heavy atom. The van der Waals surface area contributed by atoms with Crippen LogP contribution in [-0.4, -0.2) is 9.78 Å². The molecule has 0 aliphatic rings. The molecule has 2 aromatic rings. The molecule has 1 unspecified atom stereocenters. The van der Waals surface area contributed by atoms with Gasteiger partial charge in [0.15, 0.2) is 0 Å². The van der Waals surface area contributed by atoms with Crippen molar-refractivity contribution in [3.05, 3.63) is 56.4 Å². The number of hydrogen-bond acceptors (Lipinski definition) is 4. The molecule has 0 fully saturated rings. The van der Waals surface area contributed by atoms with Gasteiger partial charge in [-0.15, -0.1) is 0 Å². The van der Waals surface area contributed by atoms with E-state index in [1.54, 1.807) is 25.4 Å². The van der Waals surface area contributed by atoms with Crippen molar-refractivity contribution in [1.29, 1.82) is 5.26 Å². The molecule has 6 heteroatoms. The Bertz CT molecular complexity index is 715. The first kappa shape index (κ1) is 14.3. The Balaban J connectivity index is 2.23. The highest BCUT2D eigenvalue weighted by Crippen LogP contribution is 2.23. The zero-order valence-electron chi connectivity index (χ0n) is 11.1. The largest absolute Gasteiger partial charge is 0.376 e. The molecule has 0 spiro atoms. The minimum atomic E-state index is -0.193. The van der Waals surface area contributed by atoms with E-state index in [0.29, 0.717) is 15.7 Å². The molecule has 1 atom stereocenters. The van der Waals surface area contributed by atoms with Gasteiger partial charge in [-0.25, -0.2) is 4.68 Å². The van der Waals surface area contributed by atoms with Gasteiger partial charge in [0.05, 0.1) is 23.5 Å².